The number of benzene rings is 1. The smallest absolute Gasteiger partial charge is 0.243 e. The van der Waals surface area contributed by atoms with E-state index in [2.05, 4.69) is 13.8 Å². The highest BCUT2D eigenvalue weighted by Gasteiger charge is 2.25. The van der Waals surface area contributed by atoms with Crippen molar-refractivity contribution in [2.75, 3.05) is 26.3 Å². The van der Waals surface area contributed by atoms with E-state index in [1.165, 1.54) is 9.87 Å². The maximum atomic E-state index is 12.4. The molecule has 1 aliphatic rings. The number of morpholine rings is 1. The fraction of sp³-hybridized carbons (Fsp3) is 0.600. The summed E-state index contributed by atoms with van der Waals surface area (Å²) < 4.78 is 31.6. The van der Waals surface area contributed by atoms with Gasteiger partial charge in [-0.05, 0) is 30.0 Å². The Labute approximate surface area is 121 Å². The maximum Gasteiger partial charge on any atom is 0.243 e. The molecule has 0 unspecified atom stereocenters. The normalized spacial score (nSPS) is 18.9. The molecule has 0 N–H and O–H groups in total. The molecule has 0 saturated carbocycles. The fourth-order valence-electron chi connectivity index (χ4n) is 2.28. The molecule has 1 fully saturated rings. The van der Waals surface area contributed by atoms with Crippen LogP contribution >= 0.6 is 0 Å². The van der Waals surface area contributed by atoms with Gasteiger partial charge in [0.05, 0.1) is 18.1 Å². The van der Waals surface area contributed by atoms with E-state index >= 15 is 0 Å². The van der Waals surface area contributed by atoms with Crippen LogP contribution < -0.4 is 0 Å². The highest BCUT2D eigenvalue weighted by atomic mass is 32.2. The SMILES string of the molecule is CC[C@@H](C)Cc1ccc(S(=O)(=O)N2CCOCC2)cc1. The summed E-state index contributed by atoms with van der Waals surface area (Å²) in [7, 11) is -3.36. The quantitative estimate of drug-likeness (QED) is 0.838. The Kier molecular flexibility index (Phi) is 5.18. The molecule has 1 atom stereocenters. The second kappa shape index (κ2) is 6.70. The van der Waals surface area contributed by atoms with Crippen molar-refractivity contribution in [2.24, 2.45) is 5.92 Å². The molecule has 5 heteroatoms. The van der Waals surface area contributed by atoms with Crippen LogP contribution in [0.25, 0.3) is 0 Å². The Balaban J connectivity index is 2.12. The summed E-state index contributed by atoms with van der Waals surface area (Å²) in [6.07, 6.45) is 2.13. The molecule has 1 saturated heterocycles. The first kappa shape index (κ1) is 15.5. The summed E-state index contributed by atoms with van der Waals surface area (Å²) in [6, 6.07) is 7.31. The maximum absolute atomic E-state index is 12.4. The van der Waals surface area contributed by atoms with E-state index in [-0.39, 0.29) is 0 Å². The summed E-state index contributed by atoms with van der Waals surface area (Å²) in [5.41, 5.74) is 1.19. The standard InChI is InChI=1S/C15H23NO3S/c1-3-13(2)12-14-4-6-15(7-5-14)20(17,18)16-8-10-19-11-9-16/h4-7,13H,3,8-12H2,1-2H3/t13-/m1/s1. The Hall–Kier alpha value is -0.910. The predicted octanol–water partition coefficient (Wildman–Crippen LogP) is 2.30. The minimum Gasteiger partial charge on any atom is -0.379 e. The highest BCUT2D eigenvalue weighted by Crippen LogP contribution is 2.19. The molecule has 1 heterocycles. The number of ether oxygens (including phenoxy) is 1. The van der Waals surface area contributed by atoms with Gasteiger partial charge in [-0.25, -0.2) is 8.42 Å². The fourth-order valence-corrected chi connectivity index (χ4v) is 3.69. The number of rotatable bonds is 5. The van der Waals surface area contributed by atoms with Crippen molar-refractivity contribution < 1.29 is 13.2 Å². The van der Waals surface area contributed by atoms with E-state index in [0.29, 0.717) is 37.1 Å². The minimum atomic E-state index is -3.36. The summed E-state index contributed by atoms with van der Waals surface area (Å²) in [4.78, 5) is 0.382. The van der Waals surface area contributed by atoms with Crippen LogP contribution in [0.1, 0.15) is 25.8 Å². The molecule has 0 bridgehead atoms. The molecule has 0 amide bonds. The lowest BCUT2D eigenvalue weighted by Gasteiger charge is -2.26. The Morgan fingerprint density at radius 3 is 2.35 bits per heavy atom. The average molecular weight is 297 g/mol. The van der Waals surface area contributed by atoms with E-state index in [1.54, 1.807) is 12.1 Å². The molecule has 0 aliphatic carbocycles. The van der Waals surface area contributed by atoms with Crippen LogP contribution in [-0.2, 0) is 21.2 Å². The van der Waals surface area contributed by atoms with E-state index < -0.39 is 10.0 Å². The van der Waals surface area contributed by atoms with Crippen LogP contribution in [0.2, 0.25) is 0 Å². The Morgan fingerprint density at radius 1 is 1.20 bits per heavy atom. The number of sulfonamides is 1. The molecule has 0 radical (unpaired) electrons. The van der Waals surface area contributed by atoms with Crippen molar-refractivity contribution in [3.05, 3.63) is 29.8 Å². The van der Waals surface area contributed by atoms with Crippen LogP contribution in [0, 0.1) is 5.92 Å². The molecule has 1 aromatic carbocycles. The minimum absolute atomic E-state index is 0.382. The molecule has 20 heavy (non-hydrogen) atoms. The van der Waals surface area contributed by atoms with Gasteiger partial charge in [-0.15, -0.1) is 0 Å². The molecule has 1 aliphatic heterocycles. The average Bonchev–Trinajstić information content (AvgIpc) is 2.48. The van der Waals surface area contributed by atoms with Crippen LogP contribution in [-0.4, -0.2) is 39.0 Å². The largest absolute Gasteiger partial charge is 0.379 e. The highest BCUT2D eigenvalue weighted by molar-refractivity contribution is 7.89. The van der Waals surface area contributed by atoms with Crippen LogP contribution in [0.15, 0.2) is 29.2 Å². The Morgan fingerprint density at radius 2 is 1.80 bits per heavy atom. The topological polar surface area (TPSA) is 46.6 Å². The molecule has 112 valence electrons. The number of nitrogens with zero attached hydrogens (tertiary/aromatic N) is 1. The van der Waals surface area contributed by atoms with Crippen molar-refractivity contribution >= 4 is 10.0 Å². The lowest BCUT2D eigenvalue weighted by molar-refractivity contribution is 0.0730. The van der Waals surface area contributed by atoms with E-state index in [4.69, 9.17) is 4.74 Å². The third kappa shape index (κ3) is 3.59. The predicted molar refractivity (Wildman–Crippen MR) is 79.2 cm³/mol. The molecule has 0 aromatic heterocycles. The van der Waals surface area contributed by atoms with Gasteiger partial charge in [-0.3, -0.25) is 0 Å². The van der Waals surface area contributed by atoms with Gasteiger partial charge in [0.2, 0.25) is 10.0 Å². The number of hydrogen-bond acceptors (Lipinski definition) is 3. The van der Waals surface area contributed by atoms with Crippen molar-refractivity contribution in [3.8, 4) is 0 Å². The second-order valence-corrected chi connectivity index (χ2v) is 7.32. The van der Waals surface area contributed by atoms with Crippen molar-refractivity contribution in [3.63, 3.8) is 0 Å². The third-order valence-electron chi connectivity index (χ3n) is 3.81. The van der Waals surface area contributed by atoms with Crippen molar-refractivity contribution in [2.45, 2.75) is 31.6 Å². The summed E-state index contributed by atoms with van der Waals surface area (Å²) in [5.74, 6) is 0.622. The van der Waals surface area contributed by atoms with Gasteiger partial charge < -0.3 is 4.74 Å². The molecule has 0 spiro atoms. The third-order valence-corrected chi connectivity index (χ3v) is 5.73. The van der Waals surface area contributed by atoms with Crippen molar-refractivity contribution in [1.29, 1.82) is 0 Å². The van der Waals surface area contributed by atoms with E-state index in [0.717, 1.165) is 12.8 Å². The molecule has 4 nitrogen and oxygen atoms in total. The van der Waals surface area contributed by atoms with Gasteiger partial charge in [-0.2, -0.15) is 4.31 Å². The second-order valence-electron chi connectivity index (χ2n) is 5.38. The van der Waals surface area contributed by atoms with Gasteiger partial charge in [0.1, 0.15) is 0 Å². The van der Waals surface area contributed by atoms with Gasteiger partial charge in [0, 0.05) is 13.1 Å². The van der Waals surface area contributed by atoms with E-state index in [1.807, 2.05) is 12.1 Å². The zero-order valence-electron chi connectivity index (χ0n) is 12.2. The zero-order chi connectivity index (χ0) is 14.6. The van der Waals surface area contributed by atoms with E-state index in [9.17, 15) is 8.42 Å². The van der Waals surface area contributed by atoms with Crippen LogP contribution in [0.4, 0.5) is 0 Å². The Bertz CT molecular complexity index is 519. The lowest BCUT2D eigenvalue weighted by atomic mass is 9.99. The summed E-state index contributed by atoms with van der Waals surface area (Å²) in [5, 5.41) is 0. The van der Waals surface area contributed by atoms with Gasteiger partial charge in [-0.1, -0.05) is 32.4 Å². The summed E-state index contributed by atoms with van der Waals surface area (Å²) >= 11 is 0. The van der Waals surface area contributed by atoms with Gasteiger partial charge in [0.25, 0.3) is 0 Å². The molecular weight excluding hydrogens is 274 g/mol. The first-order valence-electron chi connectivity index (χ1n) is 7.21. The molecular formula is C15H23NO3S. The molecule has 2 rings (SSSR count). The van der Waals surface area contributed by atoms with Crippen LogP contribution in [0.3, 0.4) is 0 Å². The van der Waals surface area contributed by atoms with Crippen LogP contribution in [0.5, 0.6) is 0 Å². The van der Waals surface area contributed by atoms with Gasteiger partial charge in [0.15, 0.2) is 0 Å². The van der Waals surface area contributed by atoms with Crippen molar-refractivity contribution in [1.82, 2.24) is 4.31 Å². The first-order chi connectivity index (χ1) is 9.54. The lowest BCUT2D eigenvalue weighted by Crippen LogP contribution is -2.40. The summed E-state index contributed by atoms with van der Waals surface area (Å²) in [6.45, 7) is 6.21. The first-order valence-corrected chi connectivity index (χ1v) is 8.65. The van der Waals surface area contributed by atoms with Gasteiger partial charge >= 0.3 is 0 Å². The molecule has 1 aromatic rings. The number of hydrogen-bond donors (Lipinski definition) is 0. The monoisotopic (exact) mass is 297 g/mol. The zero-order valence-corrected chi connectivity index (χ0v) is 13.0.